The minimum absolute atomic E-state index is 0.208. The van der Waals surface area contributed by atoms with E-state index in [-0.39, 0.29) is 12.1 Å². The van der Waals surface area contributed by atoms with E-state index in [1.165, 1.54) is 16.7 Å². The minimum atomic E-state index is -0.435. The van der Waals surface area contributed by atoms with Crippen LogP contribution in [0.25, 0.3) is 0 Å². The summed E-state index contributed by atoms with van der Waals surface area (Å²) in [7, 11) is 0. The molecule has 0 spiro atoms. The number of carbonyl (C=O) groups is 1. The van der Waals surface area contributed by atoms with Crippen LogP contribution in [0.2, 0.25) is 0 Å². The molecule has 1 N–H and O–H groups in total. The summed E-state index contributed by atoms with van der Waals surface area (Å²) >= 11 is 0. The molecule has 1 heterocycles. The van der Waals surface area contributed by atoms with Crippen LogP contribution in [0, 0.1) is 13.8 Å². The summed E-state index contributed by atoms with van der Waals surface area (Å²) in [6.07, 6.45) is 0.759. The average molecular weight is 318 g/mol. The Kier molecular flexibility index (Phi) is 5.35. The van der Waals surface area contributed by atoms with Crippen LogP contribution in [-0.2, 0) is 4.74 Å². The highest BCUT2D eigenvalue weighted by Gasteiger charge is 2.30. The average Bonchev–Trinajstić information content (AvgIpc) is 2.88. The first kappa shape index (κ1) is 17.8. The van der Waals surface area contributed by atoms with E-state index in [9.17, 15) is 4.79 Å². The molecule has 0 saturated carbocycles. The molecule has 1 amide bonds. The lowest BCUT2D eigenvalue weighted by Crippen LogP contribution is -2.39. The van der Waals surface area contributed by atoms with Gasteiger partial charge in [-0.2, -0.15) is 0 Å². The third-order valence-corrected chi connectivity index (χ3v) is 4.36. The molecule has 1 aromatic carbocycles. The Hall–Kier alpha value is -1.55. The number of aryl methyl sites for hydroxylation is 2. The minimum Gasteiger partial charge on any atom is -0.444 e. The van der Waals surface area contributed by atoms with E-state index in [2.05, 4.69) is 44.3 Å². The number of carbonyl (C=O) groups excluding carboxylic acids is 1. The van der Waals surface area contributed by atoms with E-state index < -0.39 is 5.60 Å². The zero-order chi connectivity index (χ0) is 17.2. The van der Waals surface area contributed by atoms with Gasteiger partial charge in [-0.05, 0) is 64.7 Å². The van der Waals surface area contributed by atoms with E-state index in [1.54, 1.807) is 4.90 Å². The van der Waals surface area contributed by atoms with E-state index >= 15 is 0 Å². The Morgan fingerprint density at radius 2 is 2.00 bits per heavy atom. The summed E-state index contributed by atoms with van der Waals surface area (Å²) < 4.78 is 5.45. The Bertz CT molecular complexity index is 563. The molecule has 0 aromatic heterocycles. The highest BCUT2D eigenvalue weighted by atomic mass is 16.6. The number of likely N-dealkylation sites (tertiary alicyclic amines) is 1. The maximum Gasteiger partial charge on any atom is 0.410 e. The van der Waals surface area contributed by atoms with E-state index in [4.69, 9.17) is 4.74 Å². The first-order valence-electron chi connectivity index (χ1n) is 8.47. The molecule has 1 saturated heterocycles. The molecular weight excluding hydrogens is 288 g/mol. The lowest BCUT2D eigenvalue weighted by Gasteiger charge is -2.25. The normalized spacial score (nSPS) is 19.7. The summed E-state index contributed by atoms with van der Waals surface area (Å²) in [6.45, 7) is 13.6. The van der Waals surface area contributed by atoms with Gasteiger partial charge in [0.15, 0.2) is 0 Å². The fourth-order valence-electron chi connectivity index (χ4n) is 2.87. The van der Waals surface area contributed by atoms with Crippen LogP contribution in [0.15, 0.2) is 18.2 Å². The molecule has 1 aliphatic heterocycles. The third-order valence-electron chi connectivity index (χ3n) is 4.36. The largest absolute Gasteiger partial charge is 0.444 e. The van der Waals surface area contributed by atoms with Crippen molar-refractivity contribution in [2.75, 3.05) is 13.1 Å². The van der Waals surface area contributed by atoms with Crippen LogP contribution in [-0.4, -0.2) is 35.7 Å². The first-order chi connectivity index (χ1) is 10.7. The van der Waals surface area contributed by atoms with Crippen molar-refractivity contribution in [3.8, 4) is 0 Å². The summed E-state index contributed by atoms with van der Waals surface area (Å²) in [5, 5.41) is 3.64. The number of nitrogens with zero attached hydrogens (tertiary/aromatic N) is 1. The Morgan fingerprint density at radius 1 is 1.30 bits per heavy atom. The summed E-state index contributed by atoms with van der Waals surface area (Å²) in [6, 6.07) is 7.19. The Labute approximate surface area is 140 Å². The van der Waals surface area contributed by atoms with Crippen LogP contribution in [0.4, 0.5) is 4.79 Å². The van der Waals surface area contributed by atoms with Crippen LogP contribution in [0.3, 0.4) is 0 Å². The number of nitrogens with one attached hydrogen (secondary N) is 1. The predicted octanol–water partition coefficient (Wildman–Crippen LogP) is 3.96. The fourth-order valence-corrected chi connectivity index (χ4v) is 2.87. The third kappa shape index (κ3) is 4.96. The smallest absolute Gasteiger partial charge is 0.410 e. The van der Waals surface area contributed by atoms with Crippen molar-refractivity contribution >= 4 is 6.09 Å². The van der Waals surface area contributed by atoms with Crippen LogP contribution < -0.4 is 5.32 Å². The molecule has 0 bridgehead atoms. The van der Waals surface area contributed by atoms with Gasteiger partial charge in [0.25, 0.3) is 0 Å². The maximum atomic E-state index is 12.1. The topological polar surface area (TPSA) is 41.6 Å². The molecule has 128 valence electrons. The van der Waals surface area contributed by atoms with Gasteiger partial charge in [0.2, 0.25) is 0 Å². The second kappa shape index (κ2) is 6.91. The Morgan fingerprint density at radius 3 is 2.61 bits per heavy atom. The summed E-state index contributed by atoms with van der Waals surface area (Å²) in [5.74, 6) is 0. The molecule has 4 heteroatoms. The van der Waals surface area contributed by atoms with Crippen molar-refractivity contribution in [1.29, 1.82) is 0 Å². The molecule has 2 atom stereocenters. The van der Waals surface area contributed by atoms with Crippen LogP contribution in [0.5, 0.6) is 0 Å². The maximum absolute atomic E-state index is 12.1. The molecule has 0 radical (unpaired) electrons. The first-order valence-corrected chi connectivity index (χ1v) is 8.47. The molecular formula is C19H30N2O2. The summed E-state index contributed by atoms with van der Waals surface area (Å²) in [5.41, 5.74) is 3.50. The SMILES string of the molecule is Cc1ccc(C(C)NC2CCN(C(=O)OC(C)(C)C)C2)cc1C. The molecule has 23 heavy (non-hydrogen) atoms. The van der Waals surface area contributed by atoms with E-state index in [0.29, 0.717) is 12.6 Å². The fraction of sp³-hybridized carbons (Fsp3) is 0.632. The zero-order valence-corrected chi connectivity index (χ0v) is 15.3. The van der Waals surface area contributed by atoms with Gasteiger partial charge in [-0.15, -0.1) is 0 Å². The van der Waals surface area contributed by atoms with Gasteiger partial charge >= 0.3 is 6.09 Å². The van der Waals surface area contributed by atoms with Crippen LogP contribution >= 0.6 is 0 Å². The molecule has 1 fully saturated rings. The standard InChI is InChI=1S/C19H30N2O2/c1-13-7-8-16(11-14(13)2)15(3)20-17-9-10-21(12-17)18(22)23-19(4,5)6/h7-8,11,15,17,20H,9-10,12H2,1-6H3. The Balaban J connectivity index is 1.89. The van der Waals surface area contributed by atoms with E-state index in [0.717, 1.165) is 13.0 Å². The van der Waals surface area contributed by atoms with Gasteiger partial charge in [0, 0.05) is 25.2 Å². The number of hydrogen-bond acceptors (Lipinski definition) is 3. The molecule has 0 aliphatic carbocycles. The second-order valence-electron chi connectivity index (χ2n) is 7.64. The highest BCUT2D eigenvalue weighted by Crippen LogP contribution is 2.20. The van der Waals surface area contributed by atoms with Crippen molar-refractivity contribution < 1.29 is 9.53 Å². The van der Waals surface area contributed by atoms with Crippen molar-refractivity contribution in [1.82, 2.24) is 10.2 Å². The van der Waals surface area contributed by atoms with Crippen molar-refractivity contribution in [3.05, 3.63) is 34.9 Å². The van der Waals surface area contributed by atoms with Gasteiger partial charge < -0.3 is 15.0 Å². The lowest BCUT2D eigenvalue weighted by atomic mass is 10.0. The van der Waals surface area contributed by atoms with Gasteiger partial charge in [0.05, 0.1) is 0 Å². The second-order valence-corrected chi connectivity index (χ2v) is 7.64. The molecule has 4 nitrogen and oxygen atoms in total. The predicted molar refractivity (Wildman–Crippen MR) is 93.7 cm³/mol. The highest BCUT2D eigenvalue weighted by molar-refractivity contribution is 5.68. The molecule has 1 aromatic rings. The number of rotatable bonds is 3. The van der Waals surface area contributed by atoms with Gasteiger partial charge in [-0.25, -0.2) is 4.79 Å². The number of amides is 1. The van der Waals surface area contributed by atoms with Crippen molar-refractivity contribution in [3.63, 3.8) is 0 Å². The van der Waals surface area contributed by atoms with Gasteiger partial charge in [-0.1, -0.05) is 18.2 Å². The lowest BCUT2D eigenvalue weighted by molar-refractivity contribution is 0.0290. The van der Waals surface area contributed by atoms with Crippen LogP contribution in [0.1, 0.15) is 56.8 Å². The number of benzene rings is 1. The number of ether oxygens (including phenoxy) is 1. The monoisotopic (exact) mass is 318 g/mol. The molecule has 1 aliphatic rings. The van der Waals surface area contributed by atoms with Gasteiger partial charge in [-0.3, -0.25) is 0 Å². The van der Waals surface area contributed by atoms with Crippen molar-refractivity contribution in [2.24, 2.45) is 0 Å². The zero-order valence-electron chi connectivity index (χ0n) is 15.3. The molecule has 2 unspecified atom stereocenters. The number of hydrogen-bond donors (Lipinski definition) is 1. The van der Waals surface area contributed by atoms with Gasteiger partial charge in [0.1, 0.15) is 5.60 Å². The summed E-state index contributed by atoms with van der Waals surface area (Å²) in [4.78, 5) is 13.9. The quantitative estimate of drug-likeness (QED) is 0.917. The van der Waals surface area contributed by atoms with E-state index in [1.807, 2.05) is 20.8 Å². The van der Waals surface area contributed by atoms with Crippen molar-refractivity contribution in [2.45, 2.75) is 65.6 Å². The molecule has 2 rings (SSSR count).